The molecule has 0 atom stereocenters. The van der Waals surface area contributed by atoms with Crippen molar-refractivity contribution in [1.29, 1.82) is 0 Å². The number of rotatable bonds is 0. The van der Waals surface area contributed by atoms with Gasteiger partial charge < -0.3 is 10.7 Å². The fourth-order valence-electron chi connectivity index (χ4n) is 1.86. The molecule has 0 unspecified atom stereocenters. The third kappa shape index (κ3) is 1.46. The summed E-state index contributed by atoms with van der Waals surface area (Å²) in [5, 5.41) is 0. The first kappa shape index (κ1) is 10.7. The molecular formula is C10H15N5O. The molecule has 0 aromatic carbocycles. The van der Waals surface area contributed by atoms with Crippen LogP contribution >= 0.6 is 0 Å². The molecule has 0 aliphatic rings. The van der Waals surface area contributed by atoms with E-state index in [2.05, 4.69) is 15.0 Å². The molecule has 6 heteroatoms. The molecule has 2 heterocycles. The second-order valence-corrected chi connectivity index (χ2v) is 4.79. The van der Waals surface area contributed by atoms with Crippen molar-refractivity contribution >= 4 is 17.1 Å². The molecule has 0 saturated heterocycles. The van der Waals surface area contributed by atoms with Gasteiger partial charge in [-0.1, -0.05) is 0 Å². The number of nitrogens with two attached hydrogens (primary N) is 1. The number of aromatic nitrogens is 4. The molecule has 6 nitrogen and oxygen atoms in total. The summed E-state index contributed by atoms with van der Waals surface area (Å²) in [6, 6.07) is 0. The number of H-pyrrole nitrogens is 1. The van der Waals surface area contributed by atoms with E-state index in [1.807, 2.05) is 20.8 Å². The molecule has 3 N–H and O–H groups in total. The van der Waals surface area contributed by atoms with Gasteiger partial charge in [0.15, 0.2) is 17.1 Å². The molecule has 2 aromatic heterocycles. The minimum absolute atomic E-state index is 0.140. The first-order chi connectivity index (χ1) is 7.30. The lowest BCUT2D eigenvalue weighted by molar-refractivity contribution is 0.372. The van der Waals surface area contributed by atoms with Crippen molar-refractivity contribution in [2.75, 3.05) is 5.73 Å². The van der Waals surface area contributed by atoms with Gasteiger partial charge in [0.25, 0.3) is 5.56 Å². The number of fused-ring (bicyclic) bond motifs is 1. The van der Waals surface area contributed by atoms with Crippen molar-refractivity contribution in [3.63, 3.8) is 0 Å². The SMILES string of the molecule is Cc1nc2nc(N)[nH]c2c(=O)n1C(C)(C)C. The van der Waals surface area contributed by atoms with E-state index in [1.165, 1.54) is 0 Å². The van der Waals surface area contributed by atoms with E-state index in [9.17, 15) is 4.79 Å². The Morgan fingerprint density at radius 3 is 2.50 bits per heavy atom. The number of aromatic amines is 1. The smallest absolute Gasteiger partial charge is 0.280 e. The van der Waals surface area contributed by atoms with Crippen LogP contribution in [0.25, 0.3) is 11.2 Å². The maximum absolute atomic E-state index is 12.2. The first-order valence-electron chi connectivity index (χ1n) is 5.06. The molecule has 2 rings (SSSR count). The van der Waals surface area contributed by atoms with E-state index >= 15 is 0 Å². The Morgan fingerprint density at radius 2 is 1.94 bits per heavy atom. The van der Waals surface area contributed by atoms with Crippen molar-refractivity contribution in [2.24, 2.45) is 0 Å². The second-order valence-electron chi connectivity index (χ2n) is 4.79. The van der Waals surface area contributed by atoms with Crippen molar-refractivity contribution in [3.05, 3.63) is 16.2 Å². The molecule has 0 spiro atoms. The maximum Gasteiger partial charge on any atom is 0.280 e. The van der Waals surface area contributed by atoms with Gasteiger partial charge in [-0.3, -0.25) is 9.36 Å². The highest BCUT2D eigenvalue weighted by Gasteiger charge is 2.20. The summed E-state index contributed by atoms with van der Waals surface area (Å²) in [5.41, 5.74) is 5.79. The zero-order chi connectivity index (χ0) is 12.1. The number of nitrogens with one attached hydrogen (secondary N) is 1. The average molecular weight is 221 g/mol. The van der Waals surface area contributed by atoms with Crippen LogP contribution in [-0.4, -0.2) is 19.5 Å². The summed E-state index contributed by atoms with van der Waals surface area (Å²) in [4.78, 5) is 23.2. The number of nitrogen functional groups attached to an aromatic ring is 1. The summed E-state index contributed by atoms with van der Waals surface area (Å²) in [6.45, 7) is 7.65. The van der Waals surface area contributed by atoms with Gasteiger partial charge in [0, 0.05) is 5.54 Å². The average Bonchev–Trinajstić information content (AvgIpc) is 2.43. The Kier molecular flexibility index (Phi) is 2.04. The van der Waals surface area contributed by atoms with Crippen LogP contribution < -0.4 is 11.3 Å². The van der Waals surface area contributed by atoms with Gasteiger partial charge in [-0.15, -0.1) is 0 Å². The third-order valence-electron chi connectivity index (χ3n) is 2.38. The van der Waals surface area contributed by atoms with Gasteiger partial charge in [-0.05, 0) is 27.7 Å². The number of nitrogens with zero attached hydrogens (tertiary/aromatic N) is 3. The van der Waals surface area contributed by atoms with Crippen LogP contribution in [0.15, 0.2) is 4.79 Å². The van der Waals surface area contributed by atoms with Crippen LogP contribution in [0, 0.1) is 6.92 Å². The molecular weight excluding hydrogens is 206 g/mol. The molecule has 16 heavy (non-hydrogen) atoms. The lowest BCUT2D eigenvalue weighted by Gasteiger charge is -2.23. The number of hydrogen-bond donors (Lipinski definition) is 2. The van der Waals surface area contributed by atoms with Crippen LogP contribution in [0.5, 0.6) is 0 Å². The molecule has 2 aromatic rings. The summed E-state index contributed by atoms with van der Waals surface area (Å²) in [5.74, 6) is 0.849. The molecule has 0 radical (unpaired) electrons. The fourth-order valence-corrected chi connectivity index (χ4v) is 1.86. The summed E-state index contributed by atoms with van der Waals surface area (Å²) in [6.07, 6.45) is 0. The lowest BCUT2D eigenvalue weighted by atomic mass is 10.1. The number of aryl methyl sites for hydroxylation is 1. The number of hydrogen-bond acceptors (Lipinski definition) is 4. The molecule has 86 valence electrons. The Balaban J connectivity index is 2.91. The van der Waals surface area contributed by atoms with E-state index in [0.717, 1.165) is 0 Å². The van der Waals surface area contributed by atoms with Crippen LogP contribution in [-0.2, 0) is 5.54 Å². The Bertz CT molecular complexity index is 602. The van der Waals surface area contributed by atoms with Crippen molar-refractivity contribution < 1.29 is 0 Å². The monoisotopic (exact) mass is 221 g/mol. The highest BCUT2D eigenvalue weighted by Crippen LogP contribution is 2.15. The Labute approximate surface area is 92.5 Å². The molecule has 0 aliphatic heterocycles. The van der Waals surface area contributed by atoms with Gasteiger partial charge in [0.05, 0.1) is 0 Å². The van der Waals surface area contributed by atoms with Gasteiger partial charge in [0.1, 0.15) is 5.82 Å². The molecule has 0 bridgehead atoms. The minimum Gasteiger partial charge on any atom is -0.369 e. The van der Waals surface area contributed by atoms with Crippen LogP contribution in [0.4, 0.5) is 5.95 Å². The largest absolute Gasteiger partial charge is 0.369 e. The lowest BCUT2D eigenvalue weighted by Crippen LogP contribution is -2.36. The van der Waals surface area contributed by atoms with Gasteiger partial charge >= 0.3 is 0 Å². The topological polar surface area (TPSA) is 89.6 Å². The summed E-state index contributed by atoms with van der Waals surface area (Å²) < 4.78 is 1.63. The molecule has 0 amide bonds. The standard InChI is InChI=1S/C10H15N5O/c1-5-12-7-6(13-9(11)14-7)8(16)15(5)10(2,3)4/h1-4H3,(H3,11,13,14). The van der Waals surface area contributed by atoms with E-state index in [4.69, 9.17) is 5.73 Å². The summed E-state index contributed by atoms with van der Waals surface area (Å²) >= 11 is 0. The van der Waals surface area contributed by atoms with E-state index < -0.39 is 0 Å². The van der Waals surface area contributed by atoms with Crippen molar-refractivity contribution in [1.82, 2.24) is 19.5 Å². The highest BCUT2D eigenvalue weighted by molar-refractivity contribution is 5.71. The predicted octanol–water partition coefficient (Wildman–Crippen LogP) is 0.765. The van der Waals surface area contributed by atoms with Crippen LogP contribution in [0.3, 0.4) is 0 Å². The zero-order valence-electron chi connectivity index (χ0n) is 9.83. The number of anilines is 1. The second kappa shape index (κ2) is 3.07. The van der Waals surface area contributed by atoms with Crippen LogP contribution in [0.1, 0.15) is 26.6 Å². The minimum atomic E-state index is -0.317. The Morgan fingerprint density at radius 1 is 1.31 bits per heavy atom. The summed E-state index contributed by atoms with van der Waals surface area (Å²) in [7, 11) is 0. The van der Waals surface area contributed by atoms with Gasteiger partial charge in [-0.2, -0.15) is 4.98 Å². The molecule has 0 fully saturated rings. The van der Waals surface area contributed by atoms with Crippen molar-refractivity contribution in [3.8, 4) is 0 Å². The fraction of sp³-hybridized carbons (Fsp3) is 0.500. The molecule has 0 aliphatic carbocycles. The number of imidazole rings is 1. The molecule has 0 saturated carbocycles. The maximum atomic E-state index is 12.2. The Hall–Kier alpha value is -1.85. The quantitative estimate of drug-likeness (QED) is 0.687. The highest BCUT2D eigenvalue weighted by atomic mass is 16.1. The van der Waals surface area contributed by atoms with Crippen LogP contribution in [0.2, 0.25) is 0 Å². The normalized spacial score (nSPS) is 12.2. The van der Waals surface area contributed by atoms with Crippen molar-refractivity contribution in [2.45, 2.75) is 33.2 Å². The first-order valence-corrected chi connectivity index (χ1v) is 5.06. The van der Waals surface area contributed by atoms with E-state index in [-0.39, 0.29) is 17.0 Å². The van der Waals surface area contributed by atoms with Gasteiger partial charge in [0.2, 0.25) is 0 Å². The van der Waals surface area contributed by atoms with E-state index in [1.54, 1.807) is 11.5 Å². The van der Waals surface area contributed by atoms with Gasteiger partial charge in [-0.25, -0.2) is 4.98 Å². The van der Waals surface area contributed by atoms with E-state index in [0.29, 0.717) is 17.0 Å². The third-order valence-corrected chi connectivity index (χ3v) is 2.38. The zero-order valence-corrected chi connectivity index (χ0v) is 9.83. The predicted molar refractivity (Wildman–Crippen MR) is 62.3 cm³/mol.